The molecule has 1 aliphatic heterocycles. The van der Waals surface area contributed by atoms with Crippen LogP contribution in [0.1, 0.15) is 39.2 Å². The molecule has 2 heterocycles. The number of rotatable bonds is 5. The standard InChI is InChI=1S/C21H26N2O3S/c1-25-16-8-6-15(7-9-16)20(24)22-21-18(14-23-10-12-26-13-11-23)17-4-2-3-5-19(17)27-21/h6-9H,2-5,10-14H2,1H3,(H,22,24). The SMILES string of the molecule is COc1ccc(C(=O)Nc2sc3c(c2CN2CCOCC2)CCCC3)cc1. The summed E-state index contributed by atoms with van der Waals surface area (Å²) in [5, 5.41) is 4.21. The number of thiophene rings is 1. The molecule has 1 aromatic heterocycles. The quantitative estimate of drug-likeness (QED) is 0.851. The lowest BCUT2D eigenvalue weighted by Crippen LogP contribution is -2.36. The molecule has 1 aliphatic carbocycles. The largest absolute Gasteiger partial charge is 0.497 e. The lowest BCUT2D eigenvalue weighted by molar-refractivity contribution is 0.0342. The Morgan fingerprint density at radius 3 is 2.67 bits per heavy atom. The van der Waals surface area contributed by atoms with Crippen molar-refractivity contribution in [3.63, 3.8) is 0 Å². The number of anilines is 1. The van der Waals surface area contributed by atoms with Crippen LogP contribution in [0, 0.1) is 0 Å². The summed E-state index contributed by atoms with van der Waals surface area (Å²) in [5.74, 6) is 0.700. The Balaban J connectivity index is 1.56. The maximum absolute atomic E-state index is 12.8. The molecule has 2 aliphatic rings. The number of amides is 1. The van der Waals surface area contributed by atoms with Gasteiger partial charge in [0.05, 0.1) is 20.3 Å². The Morgan fingerprint density at radius 2 is 1.93 bits per heavy atom. The number of aryl methyl sites for hydroxylation is 1. The summed E-state index contributed by atoms with van der Waals surface area (Å²) < 4.78 is 10.7. The number of nitrogens with one attached hydrogen (secondary N) is 1. The van der Waals surface area contributed by atoms with Gasteiger partial charge in [-0.15, -0.1) is 11.3 Å². The monoisotopic (exact) mass is 386 g/mol. The van der Waals surface area contributed by atoms with E-state index in [9.17, 15) is 4.79 Å². The third-order valence-corrected chi connectivity index (χ3v) is 6.60. The Bertz CT molecular complexity index is 795. The van der Waals surface area contributed by atoms with Crippen LogP contribution in [0.5, 0.6) is 5.75 Å². The molecule has 0 spiro atoms. The number of carbonyl (C=O) groups excluding carboxylic acids is 1. The predicted molar refractivity (Wildman–Crippen MR) is 108 cm³/mol. The second-order valence-electron chi connectivity index (χ2n) is 7.09. The maximum Gasteiger partial charge on any atom is 0.256 e. The van der Waals surface area contributed by atoms with Gasteiger partial charge in [0.2, 0.25) is 0 Å². The molecule has 6 heteroatoms. The van der Waals surface area contributed by atoms with Gasteiger partial charge in [-0.25, -0.2) is 0 Å². The number of methoxy groups -OCH3 is 1. The first-order valence-corrected chi connectivity index (χ1v) is 10.4. The van der Waals surface area contributed by atoms with Gasteiger partial charge in [-0.05, 0) is 55.5 Å². The number of fused-ring (bicyclic) bond motifs is 1. The molecular formula is C21H26N2O3S. The van der Waals surface area contributed by atoms with E-state index in [2.05, 4.69) is 10.2 Å². The highest BCUT2D eigenvalue weighted by molar-refractivity contribution is 7.16. The van der Waals surface area contributed by atoms with Crippen LogP contribution < -0.4 is 10.1 Å². The predicted octanol–water partition coefficient (Wildman–Crippen LogP) is 3.72. The van der Waals surface area contributed by atoms with Crippen LogP contribution in [-0.4, -0.2) is 44.2 Å². The molecule has 0 atom stereocenters. The van der Waals surface area contributed by atoms with Gasteiger partial charge in [0, 0.05) is 35.6 Å². The van der Waals surface area contributed by atoms with Crippen molar-refractivity contribution >= 4 is 22.2 Å². The minimum absolute atomic E-state index is 0.0560. The lowest BCUT2D eigenvalue weighted by Gasteiger charge is -2.27. The van der Waals surface area contributed by atoms with Crippen LogP contribution in [0.4, 0.5) is 5.00 Å². The van der Waals surface area contributed by atoms with Crippen molar-refractivity contribution in [2.75, 3.05) is 38.7 Å². The number of hydrogen-bond donors (Lipinski definition) is 1. The maximum atomic E-state index is 12.8. The highest BCUT2D eigenvalue weighted by atomic mass is 32.1. The van der Waals surface area contributed by atoms with Crippen LogP contribution >= 0.6 is 11.3 Å². The van der Waals surface area contributed by atoms with Gasteiger partial charge in [-0.1, -0.05) is 0 Å². The topological polar surface area (TPSA) is 50.8 Å². The van der Waals surface area contributed by atoms with Crippen molar-refractivity contribution < 1.29 is 14.3 Å². The van der Waals surface area contributed by atoms with Crippen molar-refractivity contribution in [3.05, 3.63) is 45.8 Å². The van der Waals surface area contributed by atoms with Gasteiger partial charge >= 0.3 is 0 Å². The number of ether oxygens (including phenoxy) is 2. The highest BCUT2D eigenvalue weighted by Crippen LogP contribution is 2.39. The fourth-order valence-corrected chi connectivity index (χ4v) is 5.10. The van der Waals surface area contributed by atoms with Crippen molar-refractivity contribution in [1.82, 2.24) is 4.90 Å². The molecule has 1 saturated heterocycles. The van der Waals surface area contributed by atoms with Gasteiger partial charge in [-0.2, -0.15) is 0 Å². The summed E-state index contributed by atoms with van der Waals surface area (Å²) in [6.45, 7) is 4.39. The number of benzene rings is 1. The fourth-order valence-electron chi connectivity index (χ4n) is 3.80. The third-order valence-electron chi connectivity index (χ3n) is 5.35. The molecule has 0 unspecified atom stereocenters. The van der Waals surface area contributed by atoms with E-state index < -0.39 is 0 Å². The molecule has 0 bridgehead atoms. The third kappa shape index (κ3) is 4.18. The molecule has 1 aromatic carbocycles. The second-order valence-corrected chi connectivity index (χ2v) is 8.19. The Kier molecular flexibility index (Phi) is 5.76. The molecule has 27 heavy (non-hydrogen) atoms. The van der Waals surface area contributed by atoms with E-state index in [4.69, 9.17) is 9.47 Å². The Morgan fingerprint density at radius 1 is 1.19 bits per heavy atom. The van der Waals surface area contributed by atoms with E-state index in [0.717, 1.165) is 56.4 Å². The second kappa shape index (κ2) is 8.42. The lowest BCUT2D eigenvalue weighted by atomic mass is 9.95. The molecule has 4 rings (SSSR count). The molecule has 144 valence electrons. The number of hydrogen-bond acceptors (Lipinski definition) is 5. The normalized spacial score (nSPS) is 17.4. The first-order valence-electron chi connectivity index (χ1n) is 9.63. The first kappa shape index (κ1) is 18.5. The molecule has 0 radical (unpaired) electrons. The minimum atomic E-state index is -0.0560. The Hall–Kier alpha value is -1.89. The zero-order chi connectivity index (χ0) is 18.6. The smallest absolute Gasteiger partial charge is 0.256 e. The van der Waals surface area contributed by atoms with Crippen LogP contribution in [0.2, 0.25) is 0 Å². The van der Waals surface area contributed by atoms with Crippen LogP contribution in [0.25, 0.3) is 0 Å². The van der Waals surface area contributed by atoms with Crippen molar-refractivity contribution in [2.24, 2.45) is 0 Å². The van der Waals surface area contributed by atoms with Gasteiger partial charge in [0.1, 0.15) is 10.8 Å². The molecule has 1 amide bonds. The zero-order valence-corrected chi connectivity index (χ0v) is 16.6. The summed E-state index contributed by atoms with van der Waals surface area (Å²) in [7, 11) is 1.63. The molecule has 1 N–H and O–H groups in total. The van der Waals surface area contributed by atoms with E-state index in [1.807, 2.05) is 24.3 Å². The molecule has 5 nitrogen and oxygen atoms in total. The average molecular weight is 387 g/mol. The van der Waals surface area contributed by atoms with Crippen LogP contribution in [0.15, 0.2) is 24.3 Å². The molecule has 2 aromatic rings. The van der Waals surface area contributed by atoms with E-state index in [1.165, 1.54) is 28.8 Å². The van der Waals surface area contributed by atoms with E-state index in [-0.39, 0.29) is 5.91 Å². The summed E-state index contributed by atoms with van der Waals surface area (Å²) in [5.41, 5.74) is 3.45. The van der Waals surface area contributed by atoms with Crippen molar-refractivity contribution in [1.29, 1.82) is 0 Å². The average Bonchev–Trinajstić information content (AvgIpc) is 3.06. The van der Waals surface area contributed by atoms with Crippen molar-refractivity contribution in [3.8, 4) is 5.75 Å². The number of nitrogens with zero attached hydrogens (tertiary/aromatic N) is 1. The van der Waals surface area contributed by atoms with Gasteiger partial charge in [0.25, 0.3) is 5.91 Å². The number of morpholine rings is 1. The highest BCUT2D eigenvalue weighted by Gasteiger charge is 2.24. The molecule has 1 fully saturated rings. The zero-order valence-electron chi connectivity index (χ0n) is 15.8. The van der Waals surface area contributed by atoms with Gasteiger partial charge < -0.3 is 14.8 Å². The summed E-state index contributed by atoms with van der Waals surface area (Å²) in [6, 6.07) is 7.26. The molecular weight excluding hydrogens is 360 g/mol. The summed E-state index contributed by atoms with van der Waals surface area (Å²) in [4.78, 5) is 16.7. The fraction of sp³-hybridized carbons (Fsp3) is 0.476. The van der Waals surface area contributed by atoms with Crippen LogP contribution in [0.3, 0.4) is 0 Å². The van der Waals surface area contributed by atoms with E-state index >= 15 is 0 Å². The minimum Gasteiger partial charge on any atom is -0.497 e. The van der Waals surface area contributed by atoms with Crippen molar-refractivity contribution in [2.45, 2.75) is 32.2 Å². The van der Waals surface area contributed by atoms with E-state index in [0.29, 0.717) is 5.56 Å². The number of carbonyl (C=O) groups is 1. The van der Waals surface area contributed by atoms with Crippen LogP contribution in [-0.2, 0) is 24.1 Å². The van der Waals surface area contributed by atoms with Gasteiger partial charge in [-0.3, -0.25) is 9.69 Å². The molecule has 0 saturated carbocycles. The van der Waals surface area contributed by atoms with E-state index in [1.54, 1.807) is 18.4 Å². The van der Waals surface area contributed by atoms with Gasteiger partial charge in [0.15, 0.2) is 0 Å². The summed E-state index contributed by atoms with van der Waals surface area (Å²) >= 11 is 1.77. The summed E-state index contributed by atoms with van der Waals surface area (Å²) in [6.07, 6.45) is 4.75. The first-order chi connectivity index (χ1) is 13.2. The Labute approximate surface area is 164 Å².